The molecule has 4 heteroatoms. The lowest BCUT2D eigenvalue weighted by Crippen LogP contribution is -2.03. The van der Waals surface area contributed by atoms with Crippen molar-refractivity contribution in [1.29, 1.82) is 0 Å². The summed E-state index contributed by atoms with van der Waals surface area (Å²) in [5.41, 5.74) is 3.07. The summed E-state index contributed by atoms with van der Waals surface area (Å²) in [4.78, 5) is 0. The van der Waals surface area contributed by atoms with Crippen LogP contribution in [0.15, 0.2) is 24.3 Å². The number of aryl methyl sites for hydroxylation is 2. The van der Waals surface area contributed by atoms with E-state index in [1.807, 2.05) is 26.1 Å². The Morgan fingerprint density at radius 1 is 1.30 bits per heavy atom. The number of hydrogen-bond donors (Lipinski definition) is 0. The first-order chi connectivity index (χ1) is 9.52. The van der Waals surface area contributed by atoms with Crippen molar-refractivity contribution in [2.24, 2.45) is 7.05 Å². The lowest BCUT2D eigenvalue weighted by Gasteiger charge is -2.11. The van der Waals surface area contributed by atoms with Gasteiger partial charge in [0.15, 0.2) is 0 Å². The molecule has 0 aliphatic rings. The number of ether oxygens (including phenoxy) is 1. The lowest BCUT2D eigenvalue weighted by atomic mass is 9.99. The van der Waals surface area contributed by atoms with E-state index in [1.165, 1.54) is 5.56 Å². The highest BCUT2D eigenvalue weighted by Gasteiger charge is 2.11. The minimum Gasteiger partial charge on any atom is -0.487 e. The van der Waals surface area contributed by atoms with Gasteiger partial charge in [-0.05, 0) is 37.0 Å². The predicted octanol–water partition coefficient (Wildman–Crippen LogP) is 4.47. The minimum atomic E-state index is 0.429. The molecule has 0 fully saturated rings. The normalized spacial score (nSPS) is 12.4. The molecule has 1 atom stereocenters. The van der Waals surface area contributed by atoms with Crippen LogP contribution in [0.2, 0.25) is 5.02 Å². The van der Waals surface area contributed by atoms with Gasteiger partial charge in [-0.3, -0.25) is 4.68 Å². The summed E-state index contributed by atoms with van der Waals surface area (Å²) in [5.74, 6) is 1.44. The van der Waals surface area contributed by atoms with Crippen molar-refractivity contribution >= 4 is 11.6 Å². The van der Waals surface area contributed by atoms with Crippen molar-refractivity contribution in [3.63, 3.8) is 0 Å². The molecule has 0 aliphatic carbocycles. The topological polar surface area (TPSA) is 27.1 Å². The Hall–Kier alpha value is -1.48. The summed E-state index contributed by atoms with van der Waals surface area (Å²) < 4.78 is 7.56. The Balaban J connectivity index is 2.04. The first kappa shape index (κ1) is 14.9. The molecule has 0 spiro atoms. The highest BCUT2D eigenvalue weighted by Crippen LogP contribution is 2.24. The average Bonchev–Trinajstić information content (AvgIpc) is 2.70. The Bertz CT molecular complexity index is 575. The third kappa shape index (κ3) is 3.15. The van der Waals surface area contributed by atoms with Gasteiger partial charge in [0, 0.05) is 7.05 Å². The van der Waals surface area contributed by atoms with E-state index in [4.69, 9.17) is 16.3 Å². The zero-order chi connectivity index (χ0) is 14.7. The van der Waals surface area contributed by atoms with Crippen molar-refractivity contribution < 1.29 is 4.74 Å². The second kappa shape index (κ2) is 6.31. The number of benzene rings is 1. The van der Waals surface area contributed by atoms with E-state index in [9.17, 15) is 0 Å². The molecule has 0 amide bonds. The smallest absolute Gasteiger partial charge is 0.131 e. The Kier molecular flexibility index (Phi) is 4.71. The Morgan fingerprint density at radius 2 is 1.95 bits per heavy atom. The second-order valence-electron chi connectivity index (χ2n) is 5.14. The zero-order valence-corrected chi connectivity index (χ0v) is 13.2. The number of aromatic nitrogens is 2. The van der Waals surface area contributed by atoms with Crippen molar-refractivity contribution in [2.45, 2.75) is 39.7 Å². The highest BCUT2D eigenvalue weighted by atomic mass is 35.5. The molecular formula is C16H21ClN2O. The van der Waals surface area contributed by atoms with Gasteiger partial charge in [-0.15, -0.1) is 0 Å². The monoisotopic (exact) mass is 292 g/mol. The highest BCUT2D eigenvalue weighted by molar-refractivity contribution is 6.31. The molecule has 1 unspecified atom stereocenters. The number of rotatable bonds is 5. The Labute approximate surface area is 125 Å². The van der Waals surface area contributed by atoms with Crippen molar-refractivity contribution in [2.75, 3.05) is 0 Å². The molecule has 1 aromatic carbocycles. The van der Waals surface area contributed by atoms with E-state index in [2.05, 4.69) is 31.1 Å². The van der Waals surface area contributed by atoms with Gasteiger partial charge in [0.25, 0.3) is 0 Å². The molecule has 0 saturated heterocycles. The summed E-state index contributed by atoms with van der Waals surface area (Å²) in [6.07, 6.45) is 1.14. The molecule has 3 nitrogen and oxygen atoms in total. The van der Waals surface area contributed by atoms with Crippen LogP contribution in [0.3, 0.4) is 0 Å². The van der Waals surface area contributed by atoms with Crippen LogP contribution in [0.1, 0.15) is 43.1 Å². The third-order valence-corrected chi connectivity index (χ3v) is 4.19. The molecule has 20 heavy (non-hydrogen) atoms. The number of hydrogen-bond acceptors (Lipinski definition) is 2. The number of halogens is 1. The van der Waals surface area contributed by atoms with Gasteiger partial charge in [-0.2, -0.15) is 5.10 Å². The van der Waals surface area contributed by atoms with Crippen molar-refractivity contribution in [3.05, 3.63) is 46.2 Å². The lowest BCUT2D eigenvalue weighted by molar-refractivity contribution is 0.295. The first-order valence-electron chi connectivity index (χ1n) is 6.93. The molecule has 0 bridgehead atoms. The largest absolute Gasteiger partial charge is 0.487 e. The van der Waals surface area contributed by atoms with Crippen molar-refractivity contribution in [3.8, 4) is 5.75 Å². The van der Waals surface area contributed by atoms with Gasteiger partial charge >= 0.3 is 0 Å². The predicted molar refractivity (Wildman–Crippen MR) is 82.4 cm³/mol. The van der Waals surface area contributed by atoms with E-state index in [0.29, 0.717) is 17.5 Å². The minimum absolute atomic E-state index is 0.429. The van der Waals surface area contributed by atoms with Crippen LogP contribution >= 0.6 is 11.6 Å². The van der Waals surface area contributed by atoms with Crippen molar-refractivity contribution in [1.82, 2.24) is 9.78 Å². The second-order valence-corrected chi connectivity index (χ2v) is 5.51. The zero-order valence-electron chi connectivity index (χ0n) is 12.5. The molecule has 108 valence electrons. The van der Waals surface area contributed by atoms with Crippen LogP contribution in [0.4, 0.5) is 0 Å². The summed E-state index contributed by atoms with van der Waals surface area (Å²) in [5, 5.41) is 4.96. The molecule has 2 aromatic rings. The SMILES string of the molecule is CCC(C)c1ccc(OCc2c(Cl)c(C)nn2C)cc1. The van der Waals surface area contributed by atoms with Gasteiger partial charge in [-0.25, -0.2) is 0 Å². The quantitative estimate of drug-likeness (QED) is 0.813. The van der Waals surface area contributed by atoms with E-state index in [-0.39, 0.29) is 0 Å². The molecular weight excluding hydrogens is 272 g/mol. The molecule has 1 aromatic heterocycles. The molecule has 0 saturated carbocycles. The molecule has 0 N–H and O–H groups in total. The van der Waals surface area contributed by atoms with Gasteiger partial charge in [0.05, 0.1) is 16.4 Å². The molecule has 1 heterocycles. The maximum absolute atomic E-state index is 6.20. The summed E-state index contributed by atoms with van der Waals surface area (Å²) >= 11 is 6.20. The standard InChI is InChI=1S/C16H21ClN2O/c1-5-11(2)13-6-8-14(9-7-13)20-10-15-16(17)12(3)18-19(15)4/h6-9,11H,5,10H2,1-4H3. The van der Waals surface area contributed by atoms with Gasteiger partial charge < -0.3 is 4.74 Å². The van der Waals surface area contributed by atoms with Crippen LogP contribution in [0, 0.1) is 6.92 Å². The summed E-state index contributed by atoms with van der Waals surface area (Å²) in [7, 11) is 1.88. The molecule has 2 rings (SSSR count). The summed E-state index contributed by atoms with van der Waals surface area (Å²) in [6, 6.07) is 8.27. The molecule has 0 radical (unpaired) electrons. The summed E-state index contributed by atoms with van der Waals surface area (Å²) in [6.45, 7) is 6.75. The molecule has 0 aliphatic heterocycles. The van der Waals surface area contributed by atoms with E-state index < -0.39 is 0 Å². The van der Waals surface area contributed by atoms with Crippen LogP contribution in [0.25, 0.3) is 0 Å². The van der Waals surface area contributed by atoms with Crippen LogP contribution in [0.5, 0.6) is 5.75 Å². The number of nitrogens with zero attached hydrogens (tertiary/aromatic N) is 2. The van der Waals surface area contributed by atoms with Crippen LogP contribution in [-0.4, -0.2) is 9.78 Å². The van der Waals surface area contributed by atoms with E-state index >= 15 is 0 Å². The van der Waals surface area contributed by atoms with Crippen LogP contribution < -0.4 is 4.74 Å². The van der Waals surface area contributed by atoms with Crippen LogP contribution in [-0.2, 0) is 13.7 Å². The maximum Gasteiger partial charge on any atom is 0.131 e. The fourth-order valence-electron chi connectivity index (χ4n) is 2.12. The van der Waals surface area contributed by atoms with Gasteiger partial charge in [-0.1, -0.05) is 37.6 Å². The Morgan fingerprint density at radius 3 is 2.45 bits per heavy atom. The van der Waals surface area contributed by atoms with Gasteiger partial charge in [0.1, 0.15) is 12.4 Å². The van der Waals surface area contributed by atoms with E-state index in [1.54, 1.807) is 4.68 Å². The fourth-order valence-corrected chi connectivity index (χ4v) is 2.33. The van der Waals surface area contributed by atoms with Gasteiger partial charge in [0.2, 0.25) is 0 Å². The maximum atomic E-state index is 6.20. The third-order valence-electron chi connectivity index (χ3n) is 3.70. The first-order valence-corrected chi connectivity index (χ1v) is 7.31. The fraction of sp³-hybridized carbons (Fsp3) is 0.438. The van der Waals surface area contributed by atoms with E-state index in [0.717, 1.165) is 23.6 Å². The average molecular weight is 293 g/mol.